The molecule has 0 atom stereocenters. The first-order valence-corrected chi connectivity index (χ1v) is 5.90. The fourth-order valence-corrected chi connectivity index (χ4v) is 1.91. The van der Waals surface area contributed by atoms with Gasteiger partial charge in [0.1, 0.15) is 6.33 Å². The summed E-state index contributed by atoms with van der Waals surface area (Å²) in [5.74, 6) is -0.0656. The Bertz CT molecular complexity index is 687. The molecule has 7 heteroatoms. The van der Waals surface area contributed by atoms with Crippen LogP contribution in [-0.4, -0.2) is 31.1 Å². The second kappa shape index (κ2) is 4.89. The van der Waals surface area contributed by atoms with Crippen molar-refractivity contribution < 1.29 is 4.79 Å². The van der Waals surface area contributed by atoms with Crippen LogP contribution in [0.15, 0.2) is 36.8 Å². The first-order chi connectivity index (χ1) is 9.33. The second-order valence-corrected chi connectivity index (χ2v) is 4.12. The number of carbonyl (C=O) groups excluding carboxylic acids is 1. The molecule has 1 aromatic carbocycles. The minimum atomic E-state index is -0.0656. The van der Waals surface area contributed by atoms with E-state index in [2.05, 4.69) is 25.8 Å². The van der Waals surface area contributed by atoms with Gasteiger partial charge in [0.2, 0.25) is 5.91 Å². The lowest BCUT2D eigenvalue weighted by Gasteiger charge is -2.06. The number of carbonyl (C=O) groups is 1. The van der Waals surface area contributed by atoms with Gasteiger partial charge in [-0.05, 0) is 28.6 Å². The molecule has 0 radical (unpaired) electrons. The highest BCUT2D eigenvalue weighted by atomic mass is 16.1. The zero-order chi connectivity index (χ0) is 13.1. The number of H-pyrrole nitrogens is 1. The lowest BCUT2D eigenvalue weighted by atomic mass is 10.2. The van der Waals surface area contributed by atoms with Crippen LogP contribution >= 0.6 is 0 Å². The topological polar surface area (TPSA) is 88.5 Å². The van der Waals surface area contributed by atoms with Crippen molar-refractivity contribution in [3.05, 3.63) is 36.8 Å². The molecule has 0 saturated carbocycles. The summed E-state index contributed by atoms with van der Waals surface area (Å²) < 4.78 is 1.52. The summed E-state index contributed by atoms with van der Waals surface area (Å²) in [5.41, 5.74) is 1.80. The Hall–Kier alpha value is -2.70. The van der Waals surface area contributed by atoms with E-state index in [-0.39, 0.29) is 5.91 Å². The van der Waals surface area contributed by atoms with Crippen molar-refractivity contribution in [2.45, 2.75) is 13.0 Å². The first-order valence-electron chi connectivity index (χ1n) is 5.90. The van der Waals surface area contributed by atoms with Gasteiger partial charge in [0.15, 0.2) is 0 Å². The molecule has 7 nitrogen and oxygen atoms in total. The van der Waals surface area contributed by atoms with Crippen LogP contribution < -0.4 is 5.32 Å². The third kappa shape index (κ3) is 2.44. The molecular weight excluding hydrogens is 244 g/mol. The summed E-state index contributed by atoms with van der Waals surface area (Å²) in [6, 6.07) is 7.68. The van der Waals surface area contributed by atoms with E-state index in [1.807, 2.05) is 30.5 Å². The summed E-state index contributed by atoms with van der Waals surface area (Å²) in [7, 11) is 0. The quantitative estimate of drug-likeness (QED) is 0.733. The number of anilines is 1. The highest BCUT2D eigenvalue weighted by Gasteiger charge is 2.06. The van der Waals surface area contributed by atoms with Crippen LogP contribution in [0.4, 0.5) is 5.69 Å². The average Bonchev–Trinajstić information content (AvgIpc) is 3.08. The van der Waals surface area contributed by atoms with Crippen molar-refractivity contribution in [1.29, 1.82) is 0 Å². The molecule has 3 aromatic rings. The lowest BCUT2D eigenvalue weighted by molar-refractivity contribution is -0.116. The minimum absolute atomic E-state index is 0.0656. The van der Waals surface area contributed by atoms with E-state index in [0.717, 1.165) is 16.6 Å². The molecule has 0 bridgehead atoms. The fourth-order valence-electron chi connectivity index (χ4n) is 1.91. The van der Waals surface area contributed by atoms with Crippen molar-refractivity contribution in [1.82, 2.24) is 25.2 Å². The predicted octanol–water partition coefficient (Wildman–Crippen LogP) is 1.18. The highest BCUT2D eigenvalue weighted by molar-refractivity contribution is 6.01. The molecule has 0 aliphatic carbocycles. The van der Waals surface area contributed by atoms with E-state index in [1.165, 1.54) is 11.0 Å². The van der Waals surface area contributed by atoms with Gasteiger partial charge >= 0.3 is 0 Å². The van der Waals surface area contributed by atoms with E-state index in [0.29, 0.717) is 13.0 Å². The number of hydrogen-bond acceptors (Lipinski definition) is 4. The Morgan fingerprint density at radius 3 is 3.16 bits per heavy atom. The molecule has 0 fully saturated rings. The Balaban J connectivity index is 1.67. The number of aromatic nitrogens is 5. The molecule has 96 valence electrons. The maximum Gasteiger partial charge on any atom is 0.226 e. The monoisotopic (exact) mass is 256 g/mol. The van der Waals surface area contributed by atoms with Crippen LogP contribution in [0.1, 0.15) is 6.42 Å². The number of nitrogens with zero attached hydrogens (tertiary/aromatic N) is 4. The van der Waals surface area contributed by atoms with E-state index in [9.17, 15) is 4.79 Å². The molecule has 19 heavy (non-hydrogen) atoms. The van der Waals surface area contributed by atoms with Crippen molar-refractivity contribution >= 4 is 22.5 Å². The van der Waals surface area contributed by atoms with Gasteiger partial charge in [-0.3, -0.25) is 4.79 Å². The minimum Gasteiger partial charge on any atom is -0.361 e. The number of hydrogen-bond donors (Lipinski definition) is 2. The Labute approximate surface area is 108 Å². The zero-order valence-corrected chi connectivity index (χ0v) is 10.1. The van der Waals surface area contributed by atoms with Gasteiger partial charge in [-0.2, -0.15) is 0 Å². The van der Waals surface area contributed by atoms with Gasteiger partial charge < -0.3 is 10.3 Å². The Morgan fingerprint density at radius 2 is 2.32 bits per heavy atom. The summed E-state index contributed by atoms with van der Waals surface area (Å²) in [5, 5.41) is 14.6. The molecule has 3 rings (SSSR count). The number of benzene rings is 1. The predicted molar refractivity (Wildman–Crippen MR) is 69.4 cm³/mol. The zero-order valence-electron chi connectivity index (χ0n) is 10.1. The molecule has 2 aromatic heterocycles. The van der Waals surface area contributed by atoms with Crippen LogP contribution in [0.3, 0.4) is 0 Å². The largest absolute Gasteiger partial charge is 0.361 e. The van der Waals surface area contributed by atoms with Crippen LogP contribution in [0, 0.1) is 0 Å². The van der Waals surface area contributed by atoms with Crippen LogP contribution in [0.2, 0.25) is 0 Å². The molecule has 0 aliphatic rings. The molecule has 0 saturated heterocycles. The van der Waals surface area contributed by atoms with Crippen LogP contribution in [0.5, 0.6) is 0 Å². The van der Waals surface area contributed by atoms with Gasteiger partial charge in [0.05, 0.1) is 12.2 Å². The van der Waals surface area contributed by atoms with Crippen molar-refractivity contribution in [2.24, 2.45) is 0 Å². The highest BCUT2D eigenvalue weighted by Crippen LogP contribution is 2.22. The summed E-state index contributed by atoms with van der Waals surface area (Å²) >= 11 is 0. The lowest BCUT2D eigenvalue weighted by Crippen LogP contribution is -2.14. The smallest absolute Gasteiger partial charge is 0.226 e. The first kappa shape index (κ1) is 11.4. The van der Waals surface area contributed by atoms with Crippen LogP contribution in [0.25, 0.3) is 10.9 Å². The number of tetrazole rings is 1. The third-order valence-corrected chi connectivity index (χ3v) is 2.83. The van der Waals surface area contributed by atoms with Gasteiger partial charge in [0, 0.05) is 23.5 Å². The van der Waals surface area contributed by atoms with E-state index < -0.39 is 0 Å². The SMILES string of the molecule is O=C(CCn1cnnn1)Nc1cccc2[nH]ccc12. The standard InChI is InChI=1S/C12H12N6O/c19-12(5-7-18-8-14-16-17-18)15-11-3-1-2-10-9(11)4-6-13-10/h1-4,6,8,13H,5,7H2,(H,15,19). The molecule has 1 amide bonds. The van der Waals surface area contributed by atoms with Gasteiger partial charge in [-0.1, -0.05) is 6.07 Å². The Kier molecular flexibility index (Phi) is 2.93. The van der Waals surface area contributed by atoms with Gasteiger partial charge in [0.25, 0.3) is 0 Å². The number of rotatable bonds is 4. The maximum atomic E-state index is 11.9. The number of aromatic amines is 1. The number of aryl methyl sites for hydroxylation is 1. The van der Waals surface area contributed by atoms with Crippen molar-refractivity contribution in [3.63, 3.8) is 0 Å². The molecular formula is C12H12N6O. The van der Waals surface area contributed by atoms with Gasteiger partial charge in [-0.15, -0.1) is 5.10 Å². The Morgan fingerprint density at radius 1 is 1.37 bits per heavy atom. The molecule has 0 unspecified atom stereocenters. The molecule has 0 spiro atoms. The average molecular weight is 256 g/mol. The number of amides is 1. The molecule has 2 heterocycles. The van der Waals surface area contributed by atoms with E-state index >= 15 is 0 Å². The second-order valence-electron chi connectivity index (χ2n) is 4.12. The van der Waals surface area contributed by atoms with E-state index in [1.54, 1.807) is 0 Å². The van der Waals surface area contributed by atoms with Crippen molar-refractivity contribution in [2.75, 3.05) is 5.32 Å². The van der Waals surface area contributed by atoms with Crippen molar-refractivity contribution in [3.8, 4) is 0 Å². The van der Waals surface area contributed by atoms with Crippen LogP contribution in [-0.2, 0) is 11.3 Å². The third-order valence-electron chi connectivity index (χ3n) is 2.83. The summed E-state index contributed by atoms with van der Waals surface area (Å²) in [6.07, 6.45) is 3.66. The molecule has 2 N–H and O–H groups in total. The van der Waals surface area contributed by atoms with Gasteiger partial charge in [-0.25, -0.2) is 4.68 Å². The summed E-state index contributed by atoms with van der Waals surface area (Å²) in [6.45, 7) is 0.460. The number of fused-ring (bicyclic) bond motifs is 1. The normalized spacial score (nSPS) is 10.7. The number of nitrogens with one attached hydrogen (secondary N) is 2. The fraction of sp³-hybridized carbons (Fsp3) is 0.167. The molecule has 0 aliphatic heterocycles. The summed E-state index contributed by atoms with van der Waals surface area (Å²) in [4.78, 5) is 15.0. The maximum absolute atomic E-state index is 11.9. The van der Waals surface area contributed by atoms with E-state index in [4.69, 9.17) is 0 Å².